The Morgan fingerprint density at radius 3 is 2.78 bits per heavy atom. The van der Waals surface area contributed by atoms with Crippen molar-refractivity contribution < 1.29 is 0 Å². The highest BCUT2D eigenvalue weighted by molar-refractivity contribution is 7.16. The first-order valence-electron chi connectivity index (χ1n) is 6.20. The molecule has 2 N–H and O–H groups in total. The Bertz CT molecular complexity index is 518. The second-order valence-electron chi connectivity index (χ2n) is 4.25. The van der Waals surface area contributed by atoms with Gasteiger partial charge >= 0.3 is 0 Å². The van der Waals surface area contributed by atoms with E-state index in [4.69, 9.17) is 17.3 Å². The Hall–Kier alpha value is -0.840. The average molecular weight is 284 g/mol. The van der Waals surface area contributed by atoms with Crippen LogP contribution in [0.1, 0.15) is 36.2 Å². The summed E-state index contributed by atoms with van der Waals surface area (Å²) in [5, 5.41) is 4.54. The Morgan fingerprint density at radius 2 is 2.22 bits per heavy atom. The molecule has 0 aliphatic carbocycles. The molecule has 0 aliphatic heterocycles. The number of thiophene rings is 1. The average Bonchev–Trinajstić information content (AvgIpc) is 2.95. The fourth-order valence-electron chi connectivity index (χ4n) is 1.98. The lowest BCUT2D eigenvalue weighted by atomic mass is 10.1. The van der Waals surface area contributed by atoms with Gasteiger partial charge in [0.05, 0.1) is 10.0 Å². The zero-order valence-electron chi connectivity index (χ0n) is 10.7. The van der Waals surface area contributed by atoms with Gasteiger partial charge in [-0.3, -0.25) is 4.68 Å². The minimum Gasteiger partial charge on any atom is -0.323 e. The number of rotatable bonds is 5. The lowest BCUT2D eigenvalue weighted by Gasteiger charge is -2.10. The highest BCUT2D eigenvalue weighted by atomic mass is 35.5. The molecular formula is C13H18ClN3S. The number of nitrogens with two attached hydrogens (primary N) is 1. The van der Waals surface area contributed by atoms with Crippen molar-refractivity contribution in [2.45, 2.75) is 39.3 Å². The van der Waals surface area contributed by atoms with Crippen molar-refractivity contribution in [2.75, 3.05) is 0 Å². The summed E-state index contributed by atoms with van der Waals surface area (Å²) in [7, 11) is 0. The van der Waals surface area contributed by atoms with E-state index in [9.17, 15) is 0 Å². The number of hydrogen-bond donors (Lipinski definition) is 1. The lowest BCUT2D eigenvalue weighted by molar-refractivity contribution is 0.588. The van der Waals surface area contributed by atoms with Gasteiger partial charge in [0, 0.05) is 29.6 Å². The molecular weight excluding hydrogens is 266 g/mol. The van der Waals surface area contributed by atoms with Gasteiger partial charge < -0.3 is 5.73 Å². The molecule has 0 aromatic carbocycles. The molecule has 0 spiro atoms. The van der Waals surface area contributed by atoms with Gasteiger partial charge in [-0.2, -0.15) is 5.10 Å². The summed E-state index contributed by atoms with van der Waals surface area (Å²) in [6.45, 7) is 5.10. The van der Waals surface area contributed by atoms with E-state index >= 15 is 0 Å². The Morgan fingerprint density at radius 1 is 1.44 bits per heavy atom. The molecule has 2 heterocycles. The van der Waals surface area contributed by atoms with Crippen LogP contribution in [0.3, 0.4) is 0 Å². The van der Waals surface area contributed by atoms with Gasteiger partial charge in [-0.1, -0.05) is 18.5 Å². The number of hydrogen-bond acceptors (Lipinski definition) is 3. The van der Waals surface area contributed by atoms with E-state index < -0.39 is 0 Å². The SMILES string of the molecule is CCc1cc(CC(N)c2ccc(Cl)s2)n(CC)n1. The van der Waals surface area contributed by atoms with Crippen molar-refractivity contribution in [3.8, 4) is 0 Å². The molecule has 0 saturated carbocycles. The first kappa shape index (κ1) is 13.6. The molecule has 1 atom stereocenters. The molecule has 0 radical (unpaired) electrons. The van der Waals surface area contributed by atoms with Crippen molar-refractivity contribution in [3.63, 3.8) is 0 Å². The van der Waals surface area contributed by atoms with Gasteiger partial charge in [-0.25, -0.2) is 0 Å². The maximum Gasteiger partial charge on any atom is 0.0931 e. The normalized spacial score (nSPS) is 12.9. The molecule has 1 unspecified atom stereocenters. The standard InChI is InChI=1S/C13H18ClN3S/c1-3-9-7-10(17(4-2)16-9)8-11(15)12-5-6-13(14)18-12/h5-7,11H,3-4,8,15H2,1-2H3. The first-order chi connectivity index (χ1) is 8.63. The Labute approximate surface area is 117 Å². The molecule has 0 saturated heterocycles. The third-order valence-electron chi connectivity index (χ3n) is 2.96. The molecule has 2 aromatic heterocycles. The molecule has 18 heavy (non-hydrogen) atoms. The van der Waals surface area contributed by atoms with Crippen LogP contribution in [0, 0.1) is 0 Å². The van der Waals surface area contributed by atoms with Crippen LogP contribution in [0.4, 0.5) is 0 Å². The van der Waals surface area contributed by atoms with Gasteiger partial charge in [0.15, 0.2) is 0 Å². The predicted octanol–water partition coefficient (Wildman–Crippen LogP) is 3.42. The summed E-state index contributed by atoms with van der Waals surface area (Å²) in [6, 6.07) is 6.05. The van der Waals surface area contributed by atoms with Gasteiger partial charge in [-0.05, 0) is 31.5 Å². The molecule has 3 nitrogen and oxygen atoms in total. The van der Waals surface area contributed by atoms with Gasteiger partial charge in [-0.15, -0.1) is 11.3 Å². The molecule has 2 aromatic rings. The van der Waals surface area contributed by atoms with Crippen LogP contribution < -0.4 is 5.73 Å². The zero-order valence-corrected chi connectivity index (χ0v) is 12.3. The highest BCUT2D eigenvalue weighted by Crippen LogP contribution is 2.27. The van der Waals surface area contributed by atoms with Crippen LogP contribution in [-0.2, 0) is 19.4 Å². The van der Waals surface area contributed by atoms with Crippen LogP contribution in [0.25, 0.3) is 0 Å². The van der Waals surface area contributed by atoms with E-state index in [1.54, 1.807) is 11.3 Å². The van der Waals surface area contributed by atoms with Gasteiger partial charge in [0.2, 0.25) is 0 Å². The third-order valence-corrected chi connectivity index (χ3v) is 4.33. The molecule has 0 aliphatic rings. The fourth-order valence-corrected chi connectivity index (χ4v) is 3.04. The summed E-state index contributed by atoms with van der Waals surface area (Å²) in [6.07, 6.45) is 1.76. The number of aryl methyl sites for hydroxylation is 2. The van der Waals surface area contributed by atoms with E-state index in [1.165, 1.54) is 5.69 Å². The molecule has 5 heteroatoms. The lowest BCUT2D eigenvalue weighted by Crippen LogP contribution is -2.14. The van der Waals surface area contributed by atoms with Crippen molar-refractivity contribution in [1.29, 1.82) is 0 Å². The van der Waals surface area contributed by atoms with Crippen molar-refractivity contribution in [2.24, 2.45) is 5.73 Å². The second-order valence-corrected chi connectivity index (χ2v) is 6.00. The summed E-state index contributed by atoms with van der Waals surface area (Å²) < 4.78 is 2.83. The van der Waals surface area contributed by atoms with Crippen LogP contribution in [0.15, 0.2) is 18.2 Å². The number of aromatic nitrogens is 2. The van der Waals surface area contributed by atoms with Crippen LogP contribution in [0.2, 0.25) is 4.34 Å². The fraction of sp³-hybridized carbons (Fsp3) is 0.462. The van der Waals surface area contributed by atoms with Crippen LogP contribution >= 0.6 is 22.9 Å². The van der Waals surface area contributed by atoms with E-state index in [0.717, 1.165) is 34.3 Å². The maximum atomic E-state index is 6.23. The Kier molecular flexibility index (Phi) is 4.43. The topological polar surface area (TPSA) is 43.8 Å². The predicted molar refractivity (Wildman–Crippen MR) is 77.2 cm³/mol. The van der Waals surface area contributed by atoms with E-state index in [2.05, 4.69) is 25.0 Å². The molecule has 0 amide bonds. The van der Waals surface area contributed by atoms with Crippen molar-refractivity contribution in [3.05, 3.63) is 38.8 Å². The van der Waals surface area contributed by atoms with Crippen molar-refractivity contribution >= 4 is 22.9 Å². The minimum atomic E-state index is -0.00536. The van der Waals surface area contributed by atoms with Crippen LogP contribution in [-0.4, -0.2) is 9.78 Å². The number of halogens is 1. The first-order valence-corrected chi connectivity index (χ1v) is 7.39. The number of nitrogens with zero attached hydrogens (tertiary/aromatic N) is 2. The van der Waals surface area contributed by atoms with Crippen LogP contribution in [0.5, 0.6) is 0 Å². The molecule has 0 bridgehead atoms. The molecule has 2 rings (SSSR count). The Balaban J connectivity index is 2.15. The smallest absolute Gasteiger partial charge is 0.0931 e. The summed E-state index contributed by atoms with van der Waals surface area (Å²) >= 11 is 7.49. The van der Waals surface area contributed by atoms with E-state index in [0.29, 0.717) is 0 Å². The third kappa shape index (κ3) is 2.94. The zero-order chi connectivity index (χ0) is 13.1. The molecule has 0 fully saturated rings. The quantitative estimate of drug-likeness (QED) is 0.914. The van der Waals surface area contributed by atoms with Gasteiger partial charge in [0.1, 0.15) is 0 Å². The summed E-state index contributed by atoms with van der Waals surface area (Å²) in [5.41, 5.74) is 8.55. The monoisotopic (exact) mass is 283 g/mol. The highest BCUT2D eigenvalue weighted by Gasteiger charge is 2.13. The second kappa shape index (κ2) is 5.87. The van der Waals surface area contributed by atoms with E-state index in [1.807, 2.05) is 16.8 Å². The van der Waals surface area contributed by atoms with E-state index in [-0.39, 0.29) is 6.04 Å². The molecule has 98 valence electrons. The largest absolute Gasteiger partial charge is 0.323 e. The maximum absolute atomic E-state index is 6.23. The summed E-state index contributed by atoms with van der Waals surface area (Å²) in [5.74, 6) is 0. The van der Waals surface area contributed by atoms with Gasteiger partial charge in [0.25, 0.3) is 0 Å². The summed E-state index contributed by atoms with van der Waals surface area (Å²) in [4.78, 5) is 1.13. The van der Waals surface area contributed by atoms with Crippen molar-refractivity contribution in [1.82, 2.24) is 9.78 Å². The minimum absolute atomic E-state index is 0.00536.